The summed E-state index contributed by atoms with van der Waals surface area (Å²) in [6, 6.07) is 6.06. The third-order valence-corrected chi connectivity index (χ3v) is 3.94. The normalized spacial score (nSPS) is 12.9. The van der Waals surface area contributed by atoms with Gasteiger partial charge in [0.15, 0.2) is 11.5 Å². The highest BCUT2D eigenvalue weighted by molar-refractivity contribution is 5.36. The molecule has 0 amide bonds. The maximum absolute atomic E-state index is 4.72. The fraction of sp³-hybridized carbons (Fsp3) is 0.647. The highest BCUT2D eigenvalue weighted by atomic mass is 15.3. The molecule has 0 spiro atoms. The number of hydrogen-bond donors (Lipinski definition) is 0. The molecule has 0 saturated carbocycles. The number of aromatic nitrogens is 3. The largest absolute Gasteiger partial charge is 0.221 e. The van der Waals surface area contributed by atoms with E-state index in [1.807, 2.05) is 28.9 Å². The molecule has 110 valence electrons. The summed E-state index contributed by atoms with van der Waals surface area (Å²) in [5.74, 6) is 1.58. The van der Waals surface area contributed by atoms with Gasteiger partial charge in [0.2, 0.25) is 0 Å². The van der Waals surface area contributed by atoms with Gasteiger partial charge in [-0.3, -0.25) is 0 Å². The minimum Gasteiger partial charge on any atom is -0.221 e. The van der Waals surface area contributed by atoms with Gasteiger partial charge in [0.05, 0.1) is 0 Å². The predicted molar refractivity (Wildman–Crippen MR) is 84.0 cm³/mol. The van der Waals surface area contributed by atoms with Crippen LogP contribution in [0.5, 0.6) is 0 Å². The SMILES string of the molecule is CCCCCCC(CCCC)c1nc2ccccn2n1. The van der Waals surface area contributed by atoms with Crippen LogP contribution in [0.25, 0.3) is 5.65 Å². The van der Waals surface area contributed by atoms with Crippen molar-refractivity contribution in [3.05, 3.63) is 30.2 Å². The molecule has 0 bridgehead atoms. The van der Waals surface area contributed by atoms with Gasteiger partial charge in [-0.2, -0.15) is 5.10 Å². The summed E-state index contributed by atoms with van der Waals surface area (Å²) in [4.78, 5) is 4.72. The van der Waals surface area contributed by atoms with Crippen LogP contribution in [0.1, 0.15) is 77.0 Å². The molecule has 1 atom stereocenters. The van der Waals surface area contributed by atoms with Crippen LogP contribution in [0.4, 0.5) is 0 Å². The van der Waals surface area contributed by atoms with Crippen molar-refractivity contribution in [2.75, 3.05) is 0 Å². The van der Waals surface area contributed by atoms with Gasteiger partial charge in [-0.15, -0.1) is 0 Å². The molecule has 0 aliphatic carbocycles. The van der Waals surface area contributed by atoms with Gasteiger partial charge >= 0.3 is 0 Å². The molecule has 3 heteroatoms. The van der Waals surface area contributed by atoms with Crippen LogP contribution in [0.15, 0.2) is 24.4 Å². The summed E-state index contributed by atoms with van der Waals surface area (Å²) in [5, 5.41) is 4.67. The first kappa shape index (κ1) is 15.0. The minimum atomic E-state index is 0.534. The minimum absolute atomic E-state index is 0.534. The molecule has 0 saturated heterocycles. The third kappa shape index (κ3) is 4.06. The van der Waals surface area contributed by atoms with Gasteiger partial charge in [-0.05, 0) is 25.0 Å². The second kappa shape index (κ2) is 8.03. The van der Waals surface area contributed by atoms with Gasteiger partial charge in [-0.25, -0.2) is 9.50 Å². The summed E-state index contributed by atoms with van der Waals surface area (Å²) in [6.07, 6.45) is 12.2. The molecule has 1 unspecified atom stereocenters. The van der Waals surface area contributed by atoms with Crippen molar-refractivity contribution in [1.82, 2.24) is 14.6 Å². The fourth-order valence-corrected chi connectivity index (χ4v) is 2.69. The van der Waals surface area contributed by atoms with E-state index < -0.39 is 0 Å². The molecular weight excluding hydrogens is 246 g/mol. The van der Waals surface area contributed by atoms with Gasteiger partial charge in [0.25, 0.3) is 0 Å². The van der Waals surface area contributed by atoms with Crippen LogP contribution < -0.4 is 0 Å². The van der Waals surface area contributed by atoms with Crippen LogP contribution in [-0.4, -0.2) is 14.6 Å². The first-order valence-corrected chi connectivity index (χ1v) is 8.16. The van der Waals surface area contributed by atoms with Crippen molar-refractivity contribution in [3.63, 3.8) is 0 Å². The standard InChI is InChI=1S/C17H27N3/c1-3-5-7-8-12-15(11-6-4-2)17-18-16-13-9-10-14-20(16)19-17/h9-10,13-15H,3-8,11-12H2,1-2H3. The van der Waals surface area contributed by atoms with Crippen molar-refractivity contribution in [2.45, 2.75) is 71.1 Å². The lowest BCUT2D eigenvalue weighted by Gasteiger charge is -2.12. The molecule has 2 aromatic rings. The van der Waals surface area contributed by atoms with E-state index in [1.165, 1.54) is 51.4 Å². The molecule has 0 aliphatic rings. The maximum atomic E-state index is 4.72. The Hall–Kier alpha value is -1.38. The Labute approximate surface area is 122 Å². The quantitative estimate of drug-likeness (QED) is 0.603. The van der Waals surface area contributed by atoms with Crippen molar-refractivity contribution < 1.29 is 0 Å². The molecule has 0 fully saturated rings. The van der Waals surface area contributed by atoms with Gasteiger partial charge < -0.3 is 0 Å². The Morgan fingerprint density at radius 1 is 1.00 bits per heavy atom. The Balaban J connectivity index is 2.04. The van der Waals surface area contributed by atoms with Crippen molar-refractivity contribution in [1.29, 1.82) is 0 Å². The van der Waals surface area contributed by atoms with Crippen LogP contribution in [0.2, 0.25) is 0 Å². The average molecular weight is 273 g/mol. The number of pyridine rings is 1. The number of unbranched alkanes of at least 4 members (excludes halogenated alkanes) is 4. The Morgan fingerprint density at radius 2 is 1.80 bits per heavy atom. The maximum Gasteiger partial charge on any atom is 0.155 e. The molecule has 2 heterocycles. The second-order valence-corrected chi connectivity index (χ2v) is 5.66. The molecule has 20 heavy (non-hydrogen) atoms. The van der Waals surface area contributed by atoms with E-state index in [1.54, 1.807) is 0 Å². The summed E-state index contributed by atoms with van der Waals surface area (Å²) in [6.45, 7) is 4.52. The highest BCUT2D eigenvalue weighted by Gasteiger charge is 2.16. The van der Waals surface area contributed by atoms with Gasteiger partial charge in [0, 0.05) is 12.1 Å². The summed E-state index contributed by atoms with van der Waals surface area (Å²) >= 11 is 0. The van der Waals surface area contributed by atoms with Gasteiger partial charge in [-0.1, -0.05) is 58.4 Å². The predicted octanol–water partition coefficient (Wildman–Crippen LogP) is 4.97. The monoisotopic (exact) mass is 273 g/mol. The number of rotatable bonds is 9. The lowest BCUT2D eigenvalue weighted by atomic mass is 9.94. The first-order chi connectivity index (χ1) is 9.85. The number of hydrogen-bond acceptors (Lipinski definition) is 2. The lowest BCUT2D eigenvalue weighted by molar-refractivity contribution is 0.490. The molecule has 0 radical (unpaired) electrons. The zero-order valence-corrected chi connectivity index (χ0v) is 12.9. The highest BCUT2D eigenvalue weighted by Crippen LogP contribution is 2.26. The van der Waals surface area contributed by atoms with E-state index in [-0.39, 0.29) is 0 Å². The van der Waals surface area contributed by atoms with Crippen molar-refractivity contribution >= 4 is 5.65 Å². The fourth-order valence-electron chi connectivity index (χ4n) is 2.69. The average Bonchev–Trinajstić information content (AvgIpc) is 2.90. The zero-order chi connectivity index (χ0) is 14.2. The van der Waals surface area contributed by atoms with E-state index in [0.29, 0.717) is 5.92 Å². The number of nitrogens with zero attached hydrogens (tertiary/aromatic N) is 3. The molecular formula is C17H27N3. The van der Waals surface area contributed by atoms with E-state index in [9.17, 15) is 0 Å². The third-order valence-electron chi connectivity index (χ3n) is 3.94. The first-order valence-electron chi connectivity index (χ1n) is 8.16. The van der Waals surface area contributed by atoms with Gasteiger partial charge in [0.1, 0.15) is 0 Å². The van der Waals surface area contributed by atoms with Crippen molar-refractivity contribution in [2.24, 2.45) is 0 Å². The molecule has 2 rings (SSSR count). The summed E-state index contributed by atoms with van der Waals surface area (Å²) in [5.41, 5.74) is 0.970. The smallest absolute Gasteiger partial charge is 0.155 e. The topological polar surface area (TPSA) is 30.2 Å². The molecule has 3 nitrogen and oxygen atoms in total. The molecule has 0 N–H and O–H groups in total. The number of fused-ring (bicyclic) bond motifs is 1. The Kier molecular flexibility index (Phi) is 6.03. The molecule has 0 aromatic carbocycles. The Morgan fingerprint density at radius 3 is 2.55 bits per heavy atom. The zero-order valence-electron chi connectivity index (χ0n) is 12.9. The Bertz CT molecular complexity index is 471. The summed E-state index contributed by atoms with van der Waals surface area (Å²) < 4.78 is 1.90. The molecule has 2 aromatic heterocycles. The van der Waals surface area contributed by atoms with E-state index in [0.717, 1.165) is 11.5 Å². The van der Waals surface area contributed by atoms with Crippen LogP contribution in [-0.2, 0) is 0 Å². The van der Waals surface area contributed by atoms with Crippen LogP contribution in [0, 0.1) is 0 Å². The van der Waals surface area contributed by atoms with Crippen LogP contribution in [0.3, 0.4) is 0 Å². The van der Waals surface area contributed by atoms with Crippen molar-refractivity contribution in [3.8, 4) is 0 Å². The summed E-state index contributed by atoms with van der Waals surface area (Å²) in [7, 11) is 0. The second-order valence-electron chi connectivity index (χ2n) is 5.66. The van der Waals surface area contributed by atoms with E-state index >= 15 is 0 Å². The lowest BCUT2D eigenvalue weighted by Crippen LogP contribution is -2.02. The molecule has 0 aliphatic heterocycles. The van der Waals surface area contributed by atoms with E-state index in [4.69, 9.17) is 4.98 Å². The van der Waals surface area contributed by atoms with E-state index in [2.05, 4.69) is 18.9 Å². The van der Waals surface area contributed by atoms with Crippen LogP contribution >= 0.6 is 0 Å².